The zero-order chi connectivity index (χ0) is 14.3. The maximum Gasteiger partial charge on any atom is 0.127 e. The monoisotopic (exact) mass is 265 g/mol. The fraction of sp³-hybridized carbons (Fsp3) is 0.625. The van der Waals surface area contributed by atoms with Gasteiger partial charge in [-0.1, -0.05) is 26.8 Å². The third kappa shape index (κ3) is 4.75. The van der Waals surface area contributed by atoms with Gasteiger partial charge in [-0.2, -0.15) is 0 Å². The van der Waals surface area contributed by atoms with Crippen molar-refractivity contribution in [2.24, 2.45) is 5.92 Å². The predicted octanol–water partition coefficient (Wildman–Crippen LogP) is 3.79. The molecule has 108 valence electrons. The Morgan fingerprint density at radius 2 is 1.89 bits per heavy atom. The van der Waals surface area contributed by atoms with Gasteiger partial charge in [-0.3, -0.25) is 0 Å². The molecule has 1 aromatic rings. The summed E-state index contributed by atoms with van der Waals surface area (Å²) in [5, 5.41) is 3.61. The molecule has 0 aromatic heterocycles. The smallest absolute Gasteiger partial charge is 0.127 e. The van der Waals surface area contributed by atoms with Gasteiger partial charge >= 0.3 is 0 Å². The Hall–Kier alpha value is -1.22. The molecule has 19 heavy (non-hydrogen) atoms. The highest BCUT2D eigenvalue weighted by Gasteiger charge is 2.17. The molecule has 0 amide bonds. The van der Waals surface area contributed by atoms with Crippen LogP contribution in [0.3, 0.4) is 0 Å². The van der Waals surface area contributed by atoms with Crippen LogP contribution in [0.25, 0.3) is 0 Å². The van der Waals surface area contributed by atoms with Gasteiger partial charge in [0.15, 0.2) is 0 Å². The minimum absolute atomic E-state index is 0.334. The molecule has 0 aliphatic rings. The molecule has 3 heteroatoms. The summed E-state index contributed by atoms with van der Waals surface area (Å²) >= 11 is 0. The molecule has 0 aliphatic heterocycles. The fourth-order valence-corrected chi connectivity index (χ4v) is 2.22. The second-order valence-corrected chi connectivity index (χ2v) is 5.24. The number of methoxy groups -OCH3 is 2. The molecule has 0 aliphatic carbocycles. The van der Waals surface area contributed by atoms with Crippen LogP contribution in [0.2, 0.25) is 0 Å². The summed E-state index contributed by atoms with van der Waals surface area (Å²) in [7, 11) is 3.39. The zero-order valence-corrected chi connectivity index (χ0v) is 12.8. The Kier molecular flexibility index (Phi) is 6.71. The van der Waals surface area contributed by atoms with Gasteiger partial charge in [0.25, 0.3) is 0 Å². The van der Waals surface area contributed by atoms with E-state index in [-0.39, 0.29) is 0 Å². The van der Waals surface area contributed by atoms with Crippen LogP contribution in [0.15, 0.2) is 18.2 Å². The van der Waals surface area contributed by atoms with Gasteiger partial charge in [0.1, 0.15) is 11.5 Å². The molecular formula is C16H27NO2. The summed E-state index contributed by atoms with van der Waals surface area (Å²) in [6.45, 7) is 7.70. The lowest BCUT2D eigenvalue weighted by molar-refractivity contribution is 0.372. The van der Waals surface area contributed by atoms with Crippen molar-refractivity contribution < 1.29 is 9.47 Å². The van der Waals surface area contributed by atoms with Crippen molar-refractivity contribution in [2.75, 3.05) is 20.8 Å². The number of benzene rings is 1. The van der Waals surface area contributed by atoms with E-state index in [0.29, 0.717) is 12.0 Å². The first-order valence-electron chi connectivity index (χ1n) is 7.07. The molecule has 0 heterocycles. The number of rotatable bonds is 8. The van der Waals surface area contributed by atoms with Crippen LogP contribution in [0.5, 0.6) is 11.5 Å². The van der Waals surface area contributed by atoms with Crippen molar-refractivity contribution in [1.29, 1.82) is 0 Å². The summed E-state index contributed by atoms with van der Waals surface area (Å²) in [5.74, 6) is 2.37. The highest BCUT2D eigenvalue weighted by molar-refractivity contribution is 5.42. The van der Waals surface area contributed by atoms with Crippen molar-refractivity contribution in [3.05, 3.63) is 23.8 Å². The van der Waals surface area contributed by atoms with Crippen LogP contribution in [0.4, 0.5) is 0 Å². The average Bonchev–Trinajstić information content (AvgIpc) is 2.42. The first kappa shape index (κ1) is 15.8. The largest absolute Gasteiger partial charge is 0.497 e. The topological polar surface area (TPSA) is 30.5 Å². The molecular weight excluding hydrogens is 238 g/mol. The molecule has 1 rings (SSSR count). The first-order chi connectivity index (χ1) is 9.12. The van der Waals surface area contributed by atoms with Crippen LogP contribution >= 0.6 is 0 Å². The van der Waals surface area contributed by atoms with Gasteiger partial charge in [0.2, 0.25) is 0 Å². The van der Waals surface area contributed by atoms with E-state index in [0.717, 1.165) is 30.9 Å². The Balaban J connectivity index is 2.98. The van der Waals surface area contributed by atoms with Gasteiger partial charge in [0.05, 0.1) is 14.2 Å². The number of ether oxygens (including phenoxy) is 2. The lowest BCUT2D eigenvalue weighted by Crippen LogP contribution is -2.24. The Morgan fingerprint density at radius 3 is 2.42 bits per heavy atom. The molecule has 0 saturated heterocycles. The van der Waals surface area contributed by atoms with Crippen LogP contribution in [-0.4, -0.2) is 20.8 Å². The van der Waals surface area contributed by atoms with Crippen molar-refractivity contribution >= 4 is 0 Å². The normalized spacial score (nSPS) is 12.5. The minimum atomic E-state index is 0.334. The van der Waals surface area contributed by atoms with E-state index in [2.05, 4.69) is 32.2 Å². The lowest BCUT2D eigenvalue weighted by Gasteiger charge is -2.23. The molecule has 1 aromatic carbocycles. The standard InChI is InChI=1S/C16H27NO2/c1-6-9-17-15(10-12(2)3)14-8-7-13(18-4)11-16(14)19-5/h7-8,11-12,15,17H,6,9-10H2,1-5H3. The van der Waals surface area contributed by atoms with Crippen LogP contribution in [-0.2, 0) is 0 Å². The van der Waals surface area contributed by atoms with Gasteiger partial charge in [-0.15, -0.1) is 0 Å². The van der Waals surface area contributed by atoms with E-state index in [1.807, 2.05) is 12.1 Å². The third-order valence-electron chi connectivity index (χ3n) is 3.16. The van der Waals surface area contributed by atoms with Crippen molar-refractivity contribution in [1.82, 2.24) is 5.32 Å². The zero-order valence-electron chi connectivity index (χ0n) is 12.8. The van der Waals surface area contributed by atoms with Gasteiger partial charge in [-0.05, 0) is 31.4 Å². The summed E-state index contributed by atoms with van der Waals surface area (Å²) in [6, 6.07) is 6.39. The van der Waals surface area contributed by atoms with Crippen LogP contribution in [0.1, 0.15) is 45.2 Å². The average molecular weight is 265 g/mol. The first-order valence-corrected chi connectivity index (χ1v) is 7.07. The molecule has 1 atom stereocenters. The van der Waals surface area contributed by atoms with Crippen molar-refractivity contribution in [2.45, 2.75) is 39.7 Å². The maximum atomic E-state index is 5.51. The highest BCUT2D eigenvalue weighted by atomic mass is 16.5. The van der Waals surface area contributed by atoms with E-state index in [1.165, 1.54) is 5.56 Å². The lowest BCUT2D eigenvalue weighted by atomic mass is 9.96. The van der Waals surface area contributed by atoms with E-state index in [4.69, 9.17) is 9.47 Å². The summed E-state index contributed by atoms with van der Waals surface area (Å²) in [4.78, 5) is 0. The van der Waals surface area contributed by atoms with Gasteiger partial charge < -0.3 is 14.8 Å². The summed E-state index contributed by atoms with van der Waals surface area (Å²) in [5.41, 5.74) is 1.21. The number of hydrogen-bond donors (Lipinski definition) is 1. The van der Waals surface area contributed by atoms with Gasteiger partial charge in [-0.25, -0.2) is 0 Å². The maximum absolute atomic E-state index is 5.51. The van der Waals surface area contributed by atoms with Crippen LogP contribution in [0, 0.1) is 5.92 Å². The summed E-state index contributed by atoms with van der Waals surface area (Å²) < 4.78 is 10.8. The van der Waals surface area contributed by atoms with Crippen molar-refractivity contribution in [3.8, 4) is 11.5 Å². The Morgan fingerprint density at radius 1 is 1.16 bits per heavy atom. The van der Waals surface area contributed by atoms with E-state index < -0.39 is 0 Å². The second-order valence-electron chi connectivity index (χ2n) is 5.24. The minimum Gasteiger partial charge on any atom is -0.497 e. The molecule has 0 fully saturated rings. The highest BCUT2D eigenvalue weighted by Crippen LogP contribution is 2.32. The molecule has 1 N–H and O–H groups in total. The third-order valence-corrected chi connectivity index (χ3v) is 3.16. The second kappa shape index (κ2) is 8.05. The van der Waals surface area contributed by atoms with Crippen molar-refractivity contribution in [3.63, 3.8) is 0 Å². The fourth-order valence-electron chi connectivity index (χ4n) is 2.22. The molecule has 0 saturated carbocycles. The number of hydrogen-bond acceptors (Lipinski definition) is 3. The molecule has 0 bridgehead atoms. The molecule has 0 radical (unpaired) electrons. The SMILES string of the molecule is CCCNC(CC(C)C)c1ccc(OC)cc1OC. The quantitative estimate of drug-likeness (QED) is 0.775. The van der Waals surface area contributed by atoms with E-state index in [1.54, 1.807) is 14.2 Å². The Labute approximate surface area is 117 Å². The predicted molar refractivity (Wildman–Crippen MR) is 80.0 cm³/mol. The van der Waals surface area contributed by atoms with Gasteiger partial charge in [0, 0.05) is 17.7 Å². The molecule has 3 nitrogen and oxygen atoms in total. The van der Waals surface area contributed by atoms with Crippen LogP contribution < -0.4 is 14.8 Å². The van der Waals surface area contributed by atoms with E-state index >= 15 is 0 Å². The van der Waals surface area contributed by atoms with E-state index in [9.17, 15) is 0 Å². The molecule has 0 spiro atoms. The summed E-state index contributed by atoms with van der Waals surface area (Å²) in [6.07, 6.45) is 2.23. The molecule has 1 unspecified atom stereocenters. The number of nitrogens with one attached hydrogen (secondary N) is 1. The Bertz CT molecular complexity index is 377.